The van der Waals surface area contributed by atoms with Gasteiger partial charge in [0.15, 0.2) is 6.29 Å². The topological polar surface area (TPSA) is 105 Å². The van der Waals surface area contributed by atoms with Crippen molar-refractivity contribution < 1.29 is 24.8 Å². The van der Waals surface area contributed by atoms with Gasteiger partial charge in [-0.2, -0.15) is 0 Å². The van der Waals surface area contributed by atoms with Gasteiger partial charge in [-0.1, -0.05) is 0 Å². The predicted molar refractivity (Wildman–Crippen MR) is 42.7 cm³/mol. The predicted octanol–water partition coefficient (Wildman–Crippen LogP) is -2.60. The molecule has 0 aromatic carbocycles. The molecule has 5 atom stereocenters. The molecule has 5 N–H and O–H groups in total. The summed E-state index contributed by atoms with van der Waals surface area (Å²) in [6.07, 6.45) is -3.75. The zero-order valence-corrected chi connectivity index (χ0v) is 7.33. The third-order valence-corrected chi connectivity index (χ3v) is 2.19. The fraction of sp³-hybridized carbons (Fsp3) is 1.00. The van der Waals surface area contributed by atoms with Gasteiger partial charge >= 0.3 is 0 Å². The molecule has 0 aromatic heterocycles. The fourth-order valence-corrected chi connectivity index (χ4v) is 1.39. The van der Waals surface area contributed by atoms with Crippen molar-refractivity contribution >= 4 is 0 Å². The van der Waals surface area contributed by atoms with Crippen molar-refractivity contribution in [1.82, 2.24) is 0 Å². The Morgan fingerprint density at radius 3 is 2.54 bits per heavy atom. The van der Waals surface area contributed by atoms with Crippen molar-refractivity contribution in [3.05, 3.63) is 0 Å². The largest absolute Gasteiger partial charge is 0.394 e. The van der Waals surface area contributed by atoms with Crippen molar-refractivity contribution in [1.29, 1.82) is 0 Å². The second-order valence-corrected chi connectivity index (χ2v) is 3.02. The number of aliphatic hydroxyl groups is 3. The van der Waals surface area contributed by atoms with E-state index in [4.69, 9.17) is 20.3 Å². The molecule has 1 saturated heterocycles. The van der Waals surface area contributed by atoms with Crippen LogP contribution in [0, 0.1) is 0 Å². The molecule has 1 unspecified atom stereocenters. The molecule has 1 aliphatic heterocycles. The number of hydrogen-bond donors (Lipinski definition) is 4. The molecule has 13 heavy (non-hydrogen) atoms. The maximum absolute atomic E-state index is 9.51. The normalized spacial score (nSPS) is 46.4. The Morgan fingerprint density at radius 1 is 1.46 bits per heavy atom. The Labute approximate surface area is 75.9 Å². The summed E-state index contributed by atoms with van der Waals surface area (Å²) in [7, 11) is 1.38. The van der Waals surface area contributed by atoms with Gasteiger partial charge in [0.2, 0.25) is 0 Å². The second-order valence-electron chi connectivity index (χ2n) is 3.02. The first-order valence-electron chi connectivity index (χ1n) is 4.02. The Kier molecular flexibility index (Phi) is 3.60. The highest BCUT2D eigenvalue weighted by Gasteiger charge is 2.42. The lowest BCUT2D eigenvalue weighted by atomic mass is 9.98. The van der Waals surface area contributed by atoms with Gasteiger partial charge in [-0.25, -0.2) is 0 Å². The van der Waals surface area contributed by atoms with Gasteiger partial charge < -0.3 is 30.5 Å². The molecule has 6 nitrogen and oxygen atoms in total. The first-order valence-corrected chi connectivity index (χ1v) is 4.02. The highest BCUT2D eigenvalue weighted by atomic mass is 16.6. The third kappa shape index (κ3) is 1.98. The number of hydrogen-bond acceptors (Lipinski definition) is 6. The molecule has 0 saturated carbocycles. The lowest BCUT2D eigenvalue weighted by molar-refractivity contribution is -0.254. The lowest BCUT2D eigenvalue weighted by Gasteiger charge is -2.39. The van der Waals surface area contributed by atoms with Crippen LogP contribution in [0.2, 0.25) is 0 Å². The summed E-state index contributed by atoms with van der Waals surface area (Å²) in [5.74, 6) is 0. The molecule has 0 amide bonds. The van der Waals surface area contributed by atoms with E-state index in [9.17, 15) is 10.2 Å². The number of methoxy groups -OCH3 is 1. The minimum atomic E-state index is -1.27. The molecule has 78 valence electrons. The quantitative estimate of drug-likeness (QED) is 0.383. The van der Waals surface area contributed by atoms with Gasteiger partial charge in [-0.15, -0.1) is 0 Å². The summed E-state index contributed by atoms with van der Waals surface area (Å²) < 4.78 is 9.82. The van der Waals surface area contributed by atoms with Crippen LogP contribution < -0.4 is 5.73 Å². The van der Waals surface area contributed by atoms with Gasteiger partial charge in [-0.05, 0) is 0 Å². The second kappa shape index (κ2) is 4.32. The lowest BCUT2D eigenvalue weighted by Crippen LogP contribution is -2.62. The molecule has 0 spiro atoms. The smallest absolute Gasteiger partial charge is 0.173 e. The van der Waals surface area contributed by atoms with Gasteiger partial charge in [0.25, 0.3) is 0 Å². The van der Waals surface area contributed by atoms with E-state index in [2.05, 4.69) is 0 Å². The molecule has 0 bridgehead atoms. The molecular formula is C7H15NO5. The van der Waals surface area contributed by atoms with Crippen LogP contribution in [-0.4, -0.2) is 59.7 Å². The third-order valence-electron chi connectivity index (χ3n) is 2.19. The molecule has 0 aromatic rings. The van der Waals surface area contributed by atoms with Crippen LogP contribution in [0.15, 0.2) is 0 Å². The van der Waals surface area contributed by atoms with E-state index >= 15 is 0 Å². The maximum Gasteiger partial charge on any atom is 0.173 e. The van der Waals surface area contributed by atoms with Crippen molar-refractivity contribution in [3.8, 4) is 0 Å². The van der Waals surface area contributed by atoms with E-state index in [0.717, 1.165) is 0 Å². The van der Waals surface area contributed by atoms with Crippen molar-refractivity contribution in [3.63, 3.8) is 0 Å². The Morgan fingerprint density at radius 2 is 2.08 bits per heavy atom. The number of rotatable bonds is 2. The van der Waals surface area contributed by atoms with Crippen molar-refractivity contribution in [2.75, 3.05) is 13.7 Å². The maximum atomic E-state index is 9.51. The van der Waals surface area contributed by atoms with Crippen molar-refractivity contribution in [2.24, 2.45) is 5.73 Å². The fourth-order valence-electron chi connectivity index (χ4n) is 1.39. The van der Waals surface area contributed by atoms with E-state index < -0.39 is 30.6 Å². The van der Waals surface area contributed by atoms with E-state index in [0.29, 0.717) is 0 Å². The first-order chi connectivity index (χ1) is 6.11. The van der Waals surface area contributed by atoms with Crippen LogP contribution in [-0.2, 0) is 9.47 Å². The van der Waals surface area contributed by atoms with Crippen LogP contribution in [0.25, 0.3) is 0 Å². The summed E-state index contributed by atoms with van der Waals surface area (Å²) in [5.41, 5.74) is 5.42. The van der Waals surface area contributed by atoms with Crippen LogP contribution in [0.1, 0.15) is 0 Å². The Balaban J connectivity index is 2.69. The number of ether oxygens (including phenoxy) is 2. The number of nitrogens with two attached hydrogens (primary N) is 1. The monoisotopic (exact) mass is 193 g/mol. The van der Waals surface area contributed by atoms with Gasteiger partial charge in [0, 0.05) is 7.11 Å². The van der Waals surface area contributed by atoms with Gasteiger partial charge in [0.05, 0.1) is 12.6 Å². The summed E-state index contributed by atoms with van der Waals surface area (Å²) in [6, 6.07) is -0.909. The van der Waals surface area contributed by atoms with E-state index in [-0.39, 0.29) is 6.61 Å². The summed E-state index contributed by atoms with van der Waals surface area (Å²) in [5, 5.41) is 27.5. The van der Waals surface area contributed by atoms with Crippen molar-refractivity contribution in [2.45, 2.75) is 30.6 Å². The molecule has 0 aliphatic carbocycles. The van der Waals surface area contributed by atoms with E-state index in [1.165, 1.54) is 7.11 Å². The average Bonchev–Trinajstić information content (AvgIpc) is 2.13. The molecule has 1 heterocycles. The molecule has 1 rings (SSSR count). The van der Waals surface area contributed by atoms with E-state index in [1.807, 2.05) is 0 Å². The Hall–Kier alpha value is -0.240. The van der Waals surface area contributed by atoms with Crippen LogP contribution in [0.5, 0.6) is 0 Å². The zero-order chi connectivity index (χ0) is 10.0. The minimum absolute atomic E-state index is 0.334. The van der Waals surface area contributed by atoms with Crippen LogP contribution in [0.3, 0.4) is 0 Å². The van der Waals surface area contributed by atoms with Crippen LogP contribution in [0.4, 0.5) is 0 Å². The molecule has 6 heteroatoms. The molecule has 1 aliphatic rings. The number of aliphatic hydroxyl groups excluding tert-OH is 3. The minimum Gasteiger partial charge on any atom is -0.394 e. The zero-order valence-electron chi connectivity index (χ0n) is 7.33. The highest BCUT2D eigenvalue weighted by molar-refractivity contribution is 4.91. The SMILES string of the molecule is CO[C@H]1[C@H](O)[C@H](N)C(O)O[C@@H]1CO. The summed E-state index contributed by atoms with van der Waals surface area (Å²) in [4.78, 5) is 0. The van der Waals surface area contributed by atoms with Gasteiger partial charge in [0.1, 0.15) is 18.3 Å². The first kappa shape index (κ1) is 10.8. The highest BCUT2D eigenvalue weighted by Crippen LogP contribution is 2.20. The molecular weight excluding hydrogens is 178 g/mol. The average molecular weight is 193 g/mol. The standard InChI is InChI=1S/C7H15NO5/c1-12-6-3(2-9)13-7(11)4(8)5(6)10/h3-7,9-11H,2,8H2,1H3/t3-,4+,5-,6-,7?/m1/s1. The van der Waals surface area contributed by atoms with E-state index in [1.54, 1.807) is 0 Å². The summed E-state index contributed by atoms with van der Waals surface area (Å²) >= 11 is 0. The summed E-state index contributed by atoms with van der Waals surface area (Å²) in [6.45, 7) is -0.334. The molecule has 0 radical (unpaired) electrons. The van der Waals surface area contributed by atoms with Crippen LogP contribution >= 0.6 is 0 Å². The molecule has 1 fully saturated rings. The Bertz CT molecular complexity index is 165. The van der Waals surface area contributed by atoms with Gasteiger partial charge in [-0.3, -0.25) is 0 Å².